The number of benzene rings is 2. The Morgan fingerprint density at radius 1 is 1.19 bits per heavy atom. The second-order valence-corrected chi connectivity index (χ2v) is 8.62. The number of amidine groups is 1. The van der Waals surface area contributed by atoms with Crippen molar-refractivity contribution < 1.29 is 14.7 Å². The highest BCUT2D eigenvalue weighted by Crippen LogP contribution is 2.24. The normalized spacial score (nSPS) is 10.8. The summed E-state index contributed by atoms with van der Waals surface area (Å²) in [5, 5.41) is 23.2. The summed E-state index contributed by atoms with van der Waals surface area (Å²) in [6, 6.07) is 9.19. The molecule has 0 unspecified atom stereocenters. The average Bonchev–Trinajstić information content (AvgIpc) is 2.79. The molecule has 0 saturated heterocycles. The summed E-state index contributed by atoms with van der Waals surface area (Å²) < 4.78 is 1.27. The minimum absolute atomic E-state index is 0.0688. The zero-order valence-electron chi connectivity index (χ0n) is 20.3. The number of Topliss-reactive ketones (excluding diaryl/α,β-unsaturated/α-hetero) is 1. The van der Waals surface area contributed by atoms with E-state index in [9.17, 15) is 19.5 Å². The molecule has 36 heavy (non-hydrogen) atoms. The maximum absolute atomic E-state index is 13.3. The summed E-state index contributed by atoms with van der Waals surface area (Å²) >= 11 is 0. The lowest BCUT2D eigenvalue weighted by Crippen LogP contribution is -2.35. The minimum atomic E-state index is -0.508. The fraction of sp³-hybridized carbons (Fsp3) is 0.240. The number of rotatable bonds is 9. The molecule has 0 bridgehead atoms. The number of nitrogens with zero attached hydrogens (tertiary/aromatic N) is 2. The van der Waals surface area contributed by atoms with Crippen LogP contribution < -0.4 is 27.7 Å². The van der Waals surface area contributed by atoms with Gasteiger partial charge in [-0.05, 0) is 56.7 Å². The van der Waals surface area contributed by atoms with Crippen LogP contribution in [0.25, 0.3) is 11.3 Å². The zero-order valence-corrected chi connectivity index (χ0v) is 20.3. The molecule has 11 nitrogen and oxygen atoms in total. The van der Waals surface area contributed by atoms with E-state index in [4.69, 9.17) is 16.9 Å². The van der Waals surface area contributed by atoms with E-state index in [-0.39, 0.29) is 47.9 Å². The molecule has 0 aliphatic heterocycles. The Labute approximate surface area is 207 Å². The number of ketones is 1. The zero-order chi connectivity index (χ0) is 26.6. The SMILES string of the molecule is CC(=O)c1cc(N)cc(-c2cnc(NC(C)C)c(=O)n2CC(=O)NCc2ccc(C(=N)N)c(O)c2)c1. The van der Waals surface area contributed by atoms with E-state index in [0.717, 1.165) is 0 Å². The Kier molecular flexibility index (Phi) is 7.73. The molecule has 0 atom stereocenters. The van der Waals surface area contributed by atoms with Crippen LogP contribution >= 0.6 is 0 Å². The molecule has 1 heterocycles. The molecule has 2 aromatic carbocycles. The Balaban J connectivity index is 1.93. The third kappa shape index (κ3) is 6.06. The van der Waals surface area contributed by atoms with Gasteiger partial charge in [0.2, 0.25) is 5.91 Å². The van der Waals surface area contributed by atoms with Gasteiger partial charge in [-0.15, -0.1) is 0 Å². The minimum Gasteiger partial charge on any atom is -0.507 e. The number of nitrogens with two attached hydrogens (primary N) is 2. The summed E-state index contributed by atoms with van der Waals surface area (Å²) in [7, 11) is 0. The van der Waals surface area contributed by atoms with Crippen LogP contribution in [0.4, 0.5) is 11.5 Å². The first kappa shape index (κ1) is 25.9. The van der Waals surface area contributed by atoms with Gasteiger partial charge in [-0.1, -0.05) is 6.07 Å². The van der Waals surface area contributed by atoms with Crippen LogP contribution in [0.2, 0.25) is 0 Å². The van der Waals surface area contributed by atoms with Crippen molar-refractivity contribution in [1.29, 1.82) is 5.41 Å². The van der Waals surface area contributed by atoms with E-state index in [1.165, 1.54) is 35.9 Å². The van der Waals surface area contributed by atoms with E-state index < -0.39 is 11.5 Å². The summed E-state index contributed by atoms with van der Waals surface area (Å²) in [5.74, 6) is -1.02. The Hall–Kier alpha value is -4.67. The number of hydrogen-bond donors (Lipinski definition) is 6. The second-order valence-electron chi connectivity index (χ2n) is 8.62. The molecule has 0 aliphatic rings. The van der Waals surface area contributed by atoms with Crippen LogP contribution in [0.5, 0.6) is 5.75 Å². The summed E-state index contributed by atoms with van der Waals surface area (Å²) in [6.07, 6.45) is 1.45. The van der Waals surface area contributed by atoms with Crippen molar-refractivity contribution in [3.63, 3.8) is 0 Å². The molecule has 1 amide bonds. The Morgan fingerprint density at radius 3 is 2.53 bits per heavy atom. The van der Waals surface area contributed by atoms with Gasteiger partial charge in [0.15, 0.2) is 11.6 Å². The van der Waals surface area contributed by atoms with Crippen molar-refractivity contribution in [1.82, 2.24) is 14.9 Å². The van der Waals surface area contributed by atoms with E-state index in [1.807, 2.05) is 13.8 Å². The number of carbonyl (C=O) groups is 2. The van der Waals surface area contributed by atoms with Crippen LogP contribution in [-0.4, -0.2) is 38.2 Å². The number of hydrogen-bond acceptors (Lipinski definition) is 8. The van der Waals surface area contributed by atoms with Gasteiger partial charge in [0.25, 0.3) is 5.56 Å². The van der Waals surface area contributed by atoms with Crippen LogP contribution in [0.3, 0.4) is 0 Å². The van der Waals surface area contributed by atoms with Gasteiger partial charge in [0.05, 0.1) is 17.5 Å². The number of aromatic hydroxyl groups is 1. The molecular weight excluding hydrogens is 462 g/mol. The predicted molar refractivity (Wildman–Crippen MR) is 138 cm³/mol. The fourth-order valence-electron chi connectivity index (χ4n) is 3.57. The first-order valence-electron chi connectivity index (χ1n) is 11.2. The highest BCUT2D eigenvalue weighted by atomic mass is 16.3. The molecule has 3 aromatic rings. The number of phenols is 1. The number of nitrogens with one attached hydrogen (secondary N) is 3. The summed E-state index contributed by atoms with van der Waals surface area (Å²) in [6.45, 7) is 4.87. The van der Waals surface area contributed by atoms with Crippen molar-refractivity contribution >= 4 is 29.0 Å². The Morgan fingerprint density at radius 2 is 1.92 bits per heavy atom. The van der Waals surface area contributed by atoms with Crippen molar-refractivity contribution in [2.45, 2.75) is 39.9 Å². The molecule has 0 radical (unpaired) electrons. The molecule has 1 aromatic heterocycles. The quantitative estimate of drug-likeness (QED) is 0.113. The Bertz CT molecular complexity index is 1400. The van der Waals surface area contributed by atoms with Crippen molar-refractivity contribution in [2.24, 2.45) is 5.73 Å². The van der Waals surface area contributed by atoms with E-state index in [1.54, 1.807) is 18.2 Å². The molecular formula is C25H29N7O4. The number of anilines is 2. The smallest absolute Gasteiger partial charge is 0.294 e. The molecule has 188 valence electrons. The standard InChI is InChI=1S/C25H29N7O4/c1-13(2)31-24-25(36)32(20(11-30-24)17-7-16(14(3)33)8-18(26)9-17)12-22(35)29-10-15-4-5-19(23(27)28)21(34)6-15/h4-9,11,13,34H,10,12,26H2,1-3H3,(H3,27,28)(H,29,35)(H,30,31). The predicted octanol–water partition coefficient (Wildman–Crippen LogP) is 1.82. The van der Waals surface area contributed by atoms with Gasteiger partial charge in [-0.25, -0.2) is 4.98 Å². The van der Waals surface area contributed by atoms with Crippen LogP contribution in [0.1, 0.15) is 42.3 Å². The number of amides is 1. The molecule has 0 fully saturated rings. The first-order valence-corrected chi connectivity index (χ1v) is 11.2. The van der Waals surface area contributed by atoms with E-state index in [2.05, 4.69) is 15.6 Å². The van der Waals surface area contributed by atoms with Crippen molar-refractivity contribution in [2.75, 3.05) is 11.1 Å². The molecule has 11 heteroatoms. The highest BCUT2D eigenvalue weighted by molar-refractivity contribution is 5.97. The highest BCUT2D eigenvalue weighted by Gasteiger charge is 2.17. The van der Waals surface area contributed by atoms with E-state index >= 15 is 0 Å². The van der Waals surface area contributed by atoms with E-state index in [0.29, 0.717) is 28.1 Å². The average molecular weight is 492 g/mol. The van der Waals surface area contributed by atoms with Gasteiger partial charge in [0.1, 0.15) is 18.1 Å². The molecule has 8 N–H and O–H groups in total. The number of nitrogen functional groups attached to an aromatic ring is 2. The molecule has 0 spiro atoms. The number of carbonyl (C=O) groups excluding carboxylic acids is 2. The van der Waals surface area contributed by atoms with Crippen molar-refractivity contribution in [3.05, 3.63) is 69.6 Å². The molecule has 0 aliphatic carbocycles. The van der Waals surface area contributed by atoms with Crippen LogP contribution in [0, 0.1) is 5.41 Å². The van der Waals surface area contributed by atoms with Crippen LogP contribution in [-0.2, 0) is 17.9 Å². The number of phenolic OH excluding ortho intramolecular Hbond substituents is 1. The van der Waals surface area contributed by atoms with Crippen molar-refractivity contribution in [3.8, 4) is 17.0 Å². The maximum atomic E-state index is 13.3. The van der Waals surface area contributed by atoms with Gasteiger partial charge in [-0.3, -0.25) is 24.4 Å². The van der Waals surface area contributed by atoms with Gasteiger partial charge < -0.3 is 27.2 Å². The largest absolute Gasteiger partial charge is 0.507 e. The van der Waals surface area contributed by atoms with Gasteiger partial charge in [-0.2, -0.15) is 0 Å². The third-order valence-electron chi connectivity index (χ3n) is 5.28. The molecule has 3 rings (SSSR count). The monoisotopic (exact) mass is 491 g/mol. The first-order chi connectivity index (χ1) is 17.0. The summed E-state index contributed by atoms with van der Waals surface area (Å²) in [5.41, 5.74) is 13.1. The lowest BCUT2D eigenvalue weighted by Gasteiger charge is -2.17. The van der Waals surface area contributed by atoms with Crippen LogP contribution in [0.15, 0.2) is 47.4 Å². The van der Waals surface area contributed by atoms with Gasteiger partial charge in [0, 0.05) is 29.4 Å². The fourth-order valence-corrected chi connectivity index (χ4v) is 3.57. The number of aromatic nitrogens is 2. The lowest BCUT2D eigenvalue weighted by molar-refractivity contribution is -0.121. The lowest BCUT2D eigenvalue weighted by atomic mass is 10.0. The summed E-state index contributed by atoms with van der Waals surface area (Å²) in [4.78, 5) is 42.3. The maximum Gasteiger partial charge on any atom is 0.294 e. The second kappa shape index (κ2) is 10.7. The third-order valence-corrected chi connectivity index (χ3v) is 5.28. The van der Waals surface area contributed by atoms with Gasteiger partial charge >= 0.3 is 0 Å². The molecule has 0 saturated carbocycles. The topological polar surface area (TPSA) is 189 Å².